The zero-order valence-electron chi connectivity index (χ0n) is 16.4. The molecule has 6 heteroatoms. The summed E-state index contributed by atoms with van der Waals surface area (Å²) in [6.45, 7) is 0.715. The first-order valence-corrected chi connectivity index (χ1v) is 9.67. The van der Waals surface area contributed by atoms with E-state index < -0.39 is 12.0 Å². The molecule has 0 radical (unpaired) electrons. The van der Waals surface area contributed by atoms with E-state index in [0.717, 1.165) is 11.1 Å². The summed E-state index contributed by atoms with van der Waals surface area (Å²) in [7, 11) is 0. The molecule has 0 fully saturated rings. The van der Waals surface area contributed by atoms with Gasteiger partial charge in [-0.25, -0.2) is 9.79 Å². The maximum absolute atomic E-state index is 12.4. The molecule has 0 unspecified atom stereocenters. The number of nitrogens with zero attached hydrogens (tertiary/aromatic N) is 1. The van der Waals surface area contributed by atoms with Crippen molar-refractivity contribution in [3.63, 3.8) is 0 Å². The highest BCUT2D eigenvalue weighted by Crippen LogP contribution is 2.26. The van der Waals surface area contributed by atoms with Crippen molar-refractivity contribution in [3.05, 3.63) is 95.6 Å². The van der Waals surface area contributed by atoms with E-state index in [1.807, 2.05) is 60.7 Å². The third-order valence-electron chi connectivity index (χ3n) is 4.62. The van der Waals surface area contributed by atoms with Crippen molar-refractivity contribution in [1.29, 1.82) is 0 Å². The smallest absolute Gasteiger partial charge is 0.334 e. The molecule has 0 bridgehead atoms. The van der Waals surface area contributed by atoms with Gasteiger partial charge in [0.1, 0.15) is 25.6 Å². The number of nitrogen functional groups attached to an aromatic ring is 1. The van der Waals surface area contributed by atoms with Crippen molar-refractivity contribution in [1.82, 2.24) is 0 Å². The van der Waals surface area contributed by atoms with Crippen LogP contribution in [0.4, 0.5) is 5.69 Å². The molecule has 0 amide bonds. The first-order valence-electron chi connectivity index (χ1n) is 9.67. The van der Waals surface area contributed by atoms with E-state index in [9.17, 15) is 4.79 Å². The molecular weight excluding hydrogens is 380 g/mol. The van der Waals surface area contributed by atoms with Crippen LogP contribution in [0, 0.1) is 0 Å². The lowest BCUT2D eigenvalue weighted by molar-refractivity contribution is -0.146. The summed E-state index contributed by atoms with van der Waals surface area (Å²) in [5.74, 6) is 0.478. The van der Waals surface area contributed by atoms with E-state index in [0.29, 0.717) is 29.5 Å². The molecule has 2 N–H and O–H groups in total. The van der Waals surface area contributed by atoms with Crippen LogP contribution in [0.25, 0.3) is 0 Å². The van der Waals surface area contributed by atoms with Crippen molar-refractivity contribution in [2.24, 2.45) is 4.99 Å². The Bertz CT molecular complexity index is 1040. The second kappa shape index (κ2) is 9.13. The Morgan fingerprint density at radius 1 is 0.967 bits per heavy atom. The second-order valence-electron chi connectivity index (χ2n) is 6.88. The number of carbonyl (C=O) groups is 1. The fourth-order valence-electron chi connectivity index (χ4n) is 3.04. The molecule has 0 spiro atoms. The molecule has 1 atom stereocenters. The summed E-state index contributed by atoms with van der Waals surface area (Å²) < 4.78 is 17.0. The average Bonchev–Trinajstić information content (AvgIpc) is 3.28. The van der Waals surface area contributed by atoms with Crippen molar-refractivity contribution in [2.75, 3.05) is 12.3 Å². The van der Waals surface area contributed by atoms with Gasteiger partial charge in [-0.05, 0) is 23.3 Å². The Morgan fingerprint density at radius 2 is 1.63 bits per heavy atom. The topological polar surface area (TPSA) is 83.1 Å². The highest BCUT2D eigenvalue weighted by atomic mass is 16.5. The van der Waals surface area contributed by atoms with Gasteiger partial charge in [-0.1, -0.05) is 60.7 Å². The number of hydrogen-bond acceptors (Lipinski definition) is 6. The second-order valence-corrected chi connectivity index (χ2v) is 6.88. The van der Waals surface area contributed by atoms with Crippen LogP contribution in [-0.2, 0) is 27.5 Å². The molecule has 30 heavy (non-hydrogen) atoms. The lowest BCUT2D eigenvalue weighted by Crippen LogP contribution is -2.22. The molecule has 0 aliphatic carbocycles. The van der Waals surface area contributed by atoms with Gasteiger partial charge < -0.3 is 19.9 Å². The predicted molar refractivity (Wildman–Crippen MR) is 114 cm³/mol. The fraction of sp³-hybridized carbons (Fsp3) is 0.167. The van der Waals surface area contributed by atoms with Crippen LogP contribution in [0.5, 0.6) is 5.75 Å². The number of benzene rings is 3. The van der Waals surface area contributed by atoms with Crippen LogP contribution < -0.4 is 10.5 Å². The van der Waals surface area contributed by atoms with Crippen LogP contribution in [0.15, 0.2) is 83.9 Å². The number of ether oxygens (including phenoxy) is 3. The van der Waals surface area contributed by atoms with E-state index in [1.165, 1.54) is 0 Å². The molecule has 1 heterocycles. The molecule has 152 valence electrons. The maximum atomic E-state index is 12.4. The molecular formula is C24H22N2O4. The predicted octanol–water partition coefficient (Wildman–Crippen LogP) is 3.74. The van der Waals surface area contributed by atoms with Crippen LogP contribution in [0.1, 0.15) is 16.7 Å². The number of aliphatic imine (C=N–C) groups is 1. The number of nitrogens with two attached hydrogens (primary N) is 1. The van der Waals surface area contributed by atoms with E-state index in [-0.39, 0.29) is 13.2 Å². The summed E-state index contributed by atoms with van der Waals surface area (Å²) >= 11 is 0. The number of rotatable bonds is 7. The Kier molecular flexibility index (Phi) is 5.94. The number of hydrogen-bond donors (Lipinski definition) is 1. The van der Waals surface area contributed by atoms with Gasteiger partial charge in [0.25, 0.3) is 0 Å². The Labute approximate surface area is 174 Å². The van der Waals surface area contributed by atoms with Crippen LogP contribution >= 0.6 is 0 Å². The van der Waals surface area contributed by atoms with Gasteiger partial charge in [0.2, 0.25) is 5.90 Å². The van der Waals surface area contributed by atoms with Crippen LogP contribution in [0.2, 0.25) is 0 Å². The third kappa shape index (κ3) is 4.78. The molecule has 6 nitrogen and oxygen atoms in total. The van der Waals surface area contributed by atoms with Crippen molar-refractivity contribution < 1.29 is 19.0 Å². The molecule has 0 saturated carbocycles. The van der Waals surface area contributed by atoms with Gasteiger partial charge in [-0.15, -0.1) is 0 Å². The Hall–Kier alpha value is -3.80. The first kappa shape index (κ1) is 19.5. The minimum Gasteiger partial charge on any atom is -0.488 e. The largest absolute Gasteiger partial charge is 0.488 e. The number of esters is 1. The lowest BCUT2D eigenvalue weighted by atomic mass is 10.1. The normalized spacial score (nSPS) is 15.2. The fourth-order valence-corrected chi connectivity index (χ4v) is 3.04. The molecule has 4 rings (SSSR count). The number of carbonyl (C=O) groups excluding carboxylic acids is 1. The van der Waals surface area contributed by atoms with E-state index in [1.54, 1.807) is 18.2 Å². The third-order valence-corrected chi connectivity index (χ3v) is 4.62. The van der Waals surface area contributed by atoms with Crippen molar-refractivity contribution >= 4 is 17.6 Å². The van der Waals surface area contributed by atoms with Gasteiger partial charge in [0, 0.05) is 11.8 Å². The van der Waals surface area contributed by atoms with Gasteiger partial charge in [0.05, 0.1) is 5.56 Å². The van der Waals surface area contributed by atoms with Gasteiger partial charge >= 0.3 is 5.97 Å². The maximum Gasteiger partial charge on any atom is 0.334 e. The zero-order valence-corrected chi connectivity index (χ0v) is 16.4. The molecule has 3 aromatic carbocycles. The summed E-state index contributed by atoms with van der Waals surface area (Å²) in [5.41, 5.74) is 9.10. The highest BCUT2D eigenvalue weighted by Gasteiger charge is 2.29. The van der Waals surface area contributed by atoms with Crippen LogP contribution in [0.3, 0.4) is 0 Å². The van der Waals surface area contributed by atoms with E-state index in [4.69, 9.17) is 19.9 Å². The van der Waals surface area contributed by atoms with E-state index in [2.05, 4.69) is 4.99 Å². The standard InChI is InChI=1S/C24H22N2O4/c25-19-11-12-20(22(13-19)28-14-17-7-3-1-4-8-17)23-26-21(16-29-23)24(27)30-15-18-9-5-2-6-10-18/h1-13,21H,14-16,25H2/t21-/m0/s1. The van der Waals surface area contributed by atoms with Gasteiger partial charge in [0.15, 0.2) is 6.04 Å². The Balaban J connectivity index is 1.45. The van der Waals surface area contributed by atoms with Crippen LogP contribution in [-0.4, -0.2) is 24.5 Å². The quantitative estimate of drug-likeness (QED) is 0.481. The minimum atomic E-state index is -0.705. The van der Waals surface area contributed by atoms with Crippen molar-refractivity contribution in [2.45, 2.75) is 19.3 Å². The summed E-state index contributed by atoms with van der Waals surface area (Å²) in [5, 5.41) is 0. The number of anilines is 1. The summed E-state index contributed by atoms with van der Waals surface area (Å²) in [6, 6.07) is 23.9. The monoisotopic (exact) mass is 402 g/mol. The Morgan fingerprint density at radius 3 is 2.33 bits per heavy atom. The molecule has 3 aromatic rings. The van der Waals surface area contributed by atoms with Gasteiger partial charge in [-0.3, -0.25) is 0 Å². The molecule has 0 aromatic heterocycles. The highest BCUT2D eigenvalue weighted by molar-refractivity contribution is 6.00. The molecule has 1 aliphatic heterocycles. The van der Waals surface area contributed by atoms with E-state index >= 15 is 0 Å². The molecule has 1 aliphatic rings. The summed E-state index contributed by atoms with van der Waals surface area (Å²) in [6.07, 6.45) is 0. The SMILES string of the molecule is Nc1ccc(C2=N[C@H](C(=O)OCc3ccccc3)CO2)c(OCc2ccccc2)c1. The average molecular weight is 402 g/mol. The minimum absolute atomic E-state index is 0.130. The first-order chi connectivity index (χ1) is 14.7. The zero-order chi connectivity index (χ0) is 20.8. The van der Waals surface area contributed by atoms with Gasteiger partial charge in [-0.2, -0.15) is 0 Å². The molecule has 0 saturated heterocycles. The summed E-state index contributed by atoms with van der Waals surface area (Å²) in [4.78, 5) is 16.8. The lowest BCUT2D eigenvalue weighted by Gasteiger charge is -2.12. The van der Waals surface area contributed by atoms with Crippen molar-refractivity contribution in [3.8, 4) is 5.75 Å².